The van der Waals surface area contributed by atoms with E-state index in [4.69, 9.17) is 0 Å². The van der Waals surface area contributed by atoms with Crippen molar-refractivity contribution in [3.8, 4) is 0 Å². The van der Waals surface area contributed by atoms with Crippen LogP contribution in [-0.4, -0.2) is 74.2 Å². The molecule has 1 fully saturated rings. The van der Waals surface area contributed by atoms with Crippen molar-refractivity contribution in [3.05, 3.63) is 0 Å². The number of hydrogen-bond donors (Lipinski definition) is 2. The van der Waals surface area contributed by atoms with Crippen molar-refractivity contribution in [2.45, 2.75) is 65.5 Å². The molecule has 2 N–H and O–H groups in total. The third-order valence-electron chi connectivity index (χ3n) is 5.18. The van der Waals surface area contributed by atoms with E-state index in [1.165, 1.54) is 78.0 Å². The van der Waals surface area contributed by atoms with Crippen molar-refractivity contribution >= 4 is 0 Å². The van der Waals surface area contributed by atoms with Crippen LogP contribution < -0.4 is 10.6 Å². The van der Waals surface area contributed by atoms with Gasteiger partial charge in [0.25, 0.3) is 0 Å². The maximum absolute atomic E-state index is 3.75. The number of rotatable bonds is 14. The largest absolute Gasteiger partial charge is 0.312 e. The van der Waals surface area contributed by atoms with Crippen molar-refractivity contribution in [2.75, 3.05) is 52.4 Å². The van der Waals surface area contributed by atoms with Gasteiger partial charge in [-0.1, -0.05) is 27.7 Å². The summed E-state index contributed by atoms with van der Waals surface area (Å²) in [5, 5.41) is 7.49. The summed E-state index contributed by atoms with van der Waals surface area (Å²) in [6, 6.07) is 1.43. The van der Waals surface area contributed by atoms with E-state index in [2.05, 4.69) is 48.1 Å². The Kier molecular flexibility index (Phi) is 11.1. The Hall–Kier alpha value is -0.160. The fourth-order valence-electron chi connectivity index (χ4n) is 3.25. The molecule has 0 saturated heterocycles. The molecule has 132 valence electrons. The highest BCUT2D eigenvalue weighted by molar-refractivity contribution is 4.92. The fraction of sp³-hybridized carbons (Fsp3) is 1.00. The quantitative estimate of drug-likeness (QED) is 0.481. The Balaban J connectivity index is 2.00. The Morgan fingerprint density at radius 1 is 0.682 bits per heavy atom. The van der Waals surface area contributed by atoms with E-state index in [9.17, 15) is 0 Å². The zero-order valence-corrected chi connectivity index (χ0v) is 15.5. The summed E-state index contributed by atoms with van der Waals surface area (Å²) in [5.41, 5.74) is 0. The minimum absolute atomic E-state index is 0.713. The van der Waals surface area contributed by atoms with Gasteiger partial charge < -0.3 is 20.4 Å². The molecule has 0 amide bonds. The Morgan fingerprint density at radius 3 is 1.32 bits per heavy atom. The van der Waals surface area contributed by atoms with Crippen LogP contribution in [-0.2, 0) is 0 Å². The van der Waals surface area contributed by atoms with Crippen LogP contribution in [0.3, 0.4) is 0 Å². The molecule has 2 unspecified atom stereocenters. The maximum Gasteiger partial charge on any atom is 0.0221 e. The van der Waals surface area contributed by atoms with E-state index >= 15 is 0 Å². The minimum Gasteiger partial charge on any atom is -0.312 e. The van der Waals surface area contributed by atoms with Gasteiger partial charge in [0, 0.05) is 12.1 Å². The molecule has 1 aliphatic rings. The molecule has 0 spiro atoms. The number of nitrogens with zero attached hydrogens (tertiary/aromatic N) is 2. The summed E-state index contributed by atoms with van der Waals surface area (Å²) in [7, 11) is 0. The molecule has 1 saturated carbocycles. The fourth-order valence-corrected chi connectivity index (χ4v) is 3.25. The van der Waals surface area contributed by atoms with Crippen LogP contribution >= 0.6 is 0 Å². The maximum atomic E-state index is 3.75. The average Bonchev–Trinajstić information content (AvgIpc) is 2.53. The van der Waals surface area contributed by atoms with Crippen LogP contribution in [0.1, 0.15) is 53.4 Å². The first kappa shape index (κ1) is 19.9. The zero-order valence-electron chi connectivity index (χ0n) is 15.5. The monoisotopic (exact) mass is 312 g/mol. The standard InChI is InChI=1S/C18H40N4/c1-5-21(6-2)15-9-13-19-17-11-12-18(17)20-14-10-16-22(7-3)8-4/h17-20H,5-16H2,1-4H3. The van der Waals surface area contributed by atoms with Gasteiger partial charge in [-0.05, 0) is 78.0 Å². The lowest BCUT2D eigenvalue weighted by Crippen LogP contribution is -2.55. The van der Waals surface area contributed by atoms with Gasteiger partial charge in [0.15, 0.2) is 0 Å². The zero-order chi connectivity index (χ0) is 16.2. The van der Waals surface area contributed by atoms with Crippen LogP contribution in [0.25, 0.3) is 0 Å². The average molecular weight is 313 g/mol. The Morgan fingerprint density at radius 2 is 1.05 bits per heavy atom. The highest BCUT2D eigenvalue weighted by atomic mass is 15.1. The van der Waals surface area contributed by atoms with E-state index in [1.54, 1.807) is 0 Å². The lowest BCUT2D eigenvalue weighted by Gasteiger charge is -2.38. The molecule has 4 nitrogen and oxygen atoms in total. The van der Waals surface area contributed by atoms with E-state index in [0.29, 0.717) is 12.1 Å². The molecule has 2 atom stereocenters. The van der Waals surface area contributed by atoms with Gasteiger partial charge in [0.2, 0.25) is 0 Å². The number of nitrogens with one attached hydrogen (secondary N) is 2. The molecular weight excluding hydrogens is 272 g/mol. The summed E-state index contributed by atoms with van der Waals surface area (Å²) < 4.78 is 0. The first-order chi connectivity index (χ1) is 10.7. The summed E-state index contributed by atoms with van der Waals surface area (Å²) in [6.45, 7) is 18.5. The van der Waals surface area contributed by atoms with E-state index in [-0.39, 0.29) is 0 Å². The van der Waals surface area contributed by atoms with Crippen LogP contribution in [0.15, 0.2) is 0 Å². The molecule has 0 aromatic carbocycles. The Labute approximate surface area is 139 Å². The van der Waals surface area contributed by atoms with Crippen LogP contribution in [0.2, 0.25) is 0 Å². The van der Waals surface area contributed by atoms with Gasteiger partial charge in [-0.25, -0.2) is 0 Å². The predicted molar refractivity (Wildman–Crippen MR) is 97.6 cm³/mol. The van der Waals surface area contributed by atoms with E-state index in [0.717, 1.165) is 0 Å². The van der Waals surface area contributed by atoms with Gasteiger partial charge in [-0.3, -0.25) is 0 Å². The summed E-state index contributed by atoms with van der Waals surface area (Å²) >= 11 is 0. The van der Waals surface area contributed by atoms with E-state index in [1.807, 2.05) is 0 Å². The molecule has 1 rings (SSSR count). The second kappa shape index (κ2) is 12.3. The van der Waals surface area contributed by atoms with Crippen molar-refractivity contribution < 1.29 is 0 Å². The first-order valence-electron chi connectivity index (χ1n) is 9.66. The molecule has 1 aliphatic carbocycles. The van der Waals surface area contributed by atoms with Gasteiger partial charge in [0.05, 0.1) is 0 Å². The molecule has 22 heavy (non-hydrogen) atoms. The smallest absolute Gasteiger partial charge is 0.0221 e. The van der Waals surface area contributed by atoms with Crippen molar-refractivity contribution in [3.63, 3.8) is 0 Å². The summed E-state index contributed by atoms with van der Waals surface area (Å²) in [4.78, 5) is 5.01. The lowest BCUT2D eigenvalue weighted by molar-refractivity contribution is 0.225. The highest BCUT2D eigenvalue weighted by Crippen LogP contribution is 2.19. The third kappa shape index (κ3) is 7.40. The molecule has 4 heteroatoms. The first-order valence-corrected chi connectivity index (χ1v) is 9.66. The molecular formula is C18H40N4. The highest BCUT2D eigenvalue weighted by Gasteiger charge is 2.29. The predicted octanol–water partition coefficient (Wildman–Crippen LogP) is 2.16. The van der Waals surface area contributed by atoms with Crippen molar-refractivity contribution in [2.24, 2.45) is 0 Å². The molecule has 0 radical (unpaired) electrons. The van der Waals surface area contributed by atoms with Crippen LogP contribution in [0, 0.1) is 0 Å². The van der Waals surface area contributed by atoms with Crippen molar-refractivity contribution in [1.29, 1.82) is 0 Å². The van der Waals surface area contributed by atoms with Crippen LogP contribution in [0.4, 0.5) is 0 Å². The minimum atomic E-state index is 0.713. The Bertz CT molecular complexity index is 225. The normalized spacial score (nSPS) is 21.5. The molecule has 0 aromatic heterocycles. The summed E-state index contributed by atoms with van der Waals surface area (Å²) in [6.07, 6.45) is 5.23. The third-order valence-corrected chi connectivity index (χ3v) is 5.18. The number of hydrogen-bond acceptors (Lipinski definition) is 4. The second-order valence-electron chi connectivity index (χ2n) is 6.46. The second-order valence-corrected chi connectivity index (χ2v) is 6.46. The van der Waals surface area contributed by atoms with Gasteiger partial charge in [-0.2, -0.15) is 0 Å². The van der Waals surface area contributed by atoms with Gasteiger partial charge >= 0.3 is 0 Å². The van der Waals surface area contributed by atoms with Crippen LogP contribution in [0.5, 0.6) is 0 Å². The molecule has 0 bridgehead atoms. The lowest BCUT2D eigenvalue weighted by atomic mass is 9.86. The van der Waals surface area contributed by atoms with E-state index < -0.39 is 0 Å². The topological polar surface area (TPSA) is 30.5 Å². The molecule has 0 aliphatic heterocycles. The molecule has 0 aromatic rings. The SMILES string of the molecule is CCN(CC)CCCNC1CCC1NCCCN(CC)CC. The summed E-state index contributed by atoms with van der Waals surface area (Å²) in [5.74, 6) is 0. The van der Waals surface area contributed by atoms with Crippen molar-refractivity contribution in [1.82, 2.24) is 20.4 Å². The van der Waals surface area contributed by atoms with Gasteiger partial charge in [-0.15, -0.1) is 0 Å². The van der Waals surface area contributed by atoms with Gasteiger partial charge in [0.1, 0.15) is 0 Å². The molecule has 0 heterocycles.